The number of rotatable bonds is 5. The van der Waals surface area contributed by atoms with Gasteiger partial charge in [-0.05, 0) is 6.92 Å². The molecule has 0 saturated heterocycles. The summed E-state index contributed by atoms with van der Waals surface area (Å²) in [5.74, 6) is 1.63. The second-order valence-electron chi connectivity index (χ2n) is 4.47. The van der Waals surface area contributed by atoms with Gasteiger partial charge in [0, 0.05) is 18.9 Å². The Kier molecular flexibility index (Phi) is 3.94. The van der Waals surface area contributed by atoms with Crippen molar-refractivity contribution in [3.05, 3.63) is 29.6 Å². The number of amides is 1. The standard InChI is InChI=1S/C12H16N4O3/c1-7(2)12-15-9(16-19-12)4-5-13-11(17)10-8(3)18-6-14-10/h6-7H,4-5H2,1-3H3,(H,13,17). The third kappa shape index (κ3) is 3.18. The minimum absolute atomic E-state index is 0.202. The van der Waals surface area contributed by atoms with Crippen LogP contribution in [-0.2, 0) is 6.42 Å². The van der Waals surface area contributed by atoms with Crippen LogP contribution >= 0.6 is 0 Å². The molecule has 2 heterocycles. The lowest BCUT2D eigenvalue weighted by Crippen LogP contribution is -2.26. The maximum atomic E-state index is 11.7. The highest BCUT2D eigenvalue weighted by atomic mass is 16.5. The van der Waals surface area contributed by atoms with Crippen LogP contribution in [0.4, 0.5) is 0 Å². The molecule has 7 nitrogen and oxygen atoms in total. The third-order valence-corrected chi connectivity index (χ3v) is 2.57. The molecule has 102 valence electrons. The summed E-state index contributed by atoms with van der Waals surface area (Å²) in [7, 11) is 0. The predicted molar refractivity (Wildman–Crippen MR) is 65.7 cm³/mol. The zero-order valence-electron chi connectivity index (χ0n) is 11.1. The van der Waals surface area contributed by atoms with E-state index in [4.69, 9.17) is 8.94 Å². The molecule has 0 aromatic carbocycles. The molecule has 0 aliphatic rings. The van der Waals surface area contributed by atoms with Gasteiger partial charge in [-0.3, -0.25) is 4.79 Å². The number of aryl methyl sites for hydroxylation is 1. The van der Waals surface area contributed by atoms with Crippen molar-refractivity contribution < 1.29 is 13.7 Å². The molecule has 0 aliphatic carbocycles. The van der Waals surface area contributed by atoms with Gasteiger partial charge in [-0.1, -0.05) is 19.0 Å². The first-order valence-corrected chi connectivity index (χ1v) is 6.08. The van der Waals surface area contributed by atoms with Gasteiger partial charge in [-0.25, -0.2) is 4.98 Å². The van der Waals surface area contributed by atoms with E-state index in [1.165, 1.54) is 6.39 Å². The number of carbonyl (C=O) groups is 1. The second kappa shape index (κ2) is 5.64. The summed E-state index contributed by atoms with van der Waals surface area (Å²) in [4.78, 5) is 19.8. The minimum atomic E-state index is -0.265. The average Bonchev–Trinajstić information content (AvgIpc) is 2.97. The van der Waals surface area contributed by atoms with E-state index in [9.17, 15) is 4.79 Å². The number of nitrogens with one attached hydrogen (secondary N) is 1. The van der Waals surface area contributed by atoms with Gasteiger partial charge in [0.1, 0.15) is 5.76 Å². The van der Waals surface area contributed by atoms with E-state index in [1.54, 1.807) is 6.92 Å². The average molecular weight is 264 g/mol. The van der Waals surface area contributed by atoms with Crippen molar-refractivity contribution in [3.63, 3.8) is 0 Å². The summed E-state index contributed by atoms with van der Waals surface area (Å²) in [6.07, 6.45) is 1.76. The molecule has 0 spiro atoms. The molecule has 0 fully saturated rings. The van der Waals surface area contributed by atoms with Gasteiger partial charge in [0.25, 0.3) is 5.91 Å². The maximum Gasteiger partial charge on any atom is 0.273 e. The van der Waals surface area contributed by atoms with Gasteiger partial charge >= 0.3 is 0 Å². The molecule has 7 heteroatoms. The van der Waals surface area contributed by atoms with Crippen LogP contribution in [0.15, 0.2) is 15.3 Å². The van der Waals surface area contributed by atoms with Crippen LogP contribution in [0.2, 0.25) is 0 Å². The Hall–Kier alpha value is -2.18. The highest BCUT2D eigenvalue weighted by molar-refractivity contribution is 5.92. The van der Waals surface area contributed by atoms with Crippen molar-refractivity contribution in [2.45, 2.75) is 33.1 Å². The summed E-state index contributed by atoms with van der Waals surface area (Å²) in [6.45, 7) is 6.07. The van der Waals surface area contributed by atoms with Crippen LogP contribution in [0.25, 0.3) is 0 Å². The van der Waals surface area contributed by atoms with E-state index in [-0.39, 0.29) is 11.8 Å². The second-order valence-corrected chi connectivity index (χ2v) is 4.47. The zero-order valence-corrected chi connectivity index (χ0v) is 11.1. The highest BCUT2D eigenvalue weighted by Crippen LogP contribution is 2.10. The van der Waals surface area contributed by atoms with Gasteiger partial charge in [-0.2, -0.15) is 4.98 Å². The Bertz CT molecular complexity index is 559. The summed E-state index contributed by atoms with van der Waals surface area (Å²) >= 11 is 0. The van der Waals surface area contributed by atoms with Gasteiger partial charge in [0.2, 0.25) is 5.89 Å². The molecule has 2 aromatic rings. The number of hydrogen-bond acceptors (Lipinski definition) is 6. The molecule has 1 N–H and O–H groups in total. The highest BCUT2D eigenvalue weighted by Gasteiger charge is 2.14. The van der Waals surface area contributed by atoms with Crippen LogP contribution in [0.5, 0.6) is 0 Å². The van der Waals surface area contributed by atoms with Crippen LogP contribution < -0.4 is 5.32 Å². The molecule has 2 rings (SSSR count). The van der Waals surface area contributed by atoms with Crippen molar-refractivity contribution in [3.8, 4) is 0 Å². The Labute approximate surface area is 110 Å². The van der Waals surface area contributed by atoms with E-state index in [1.807, 2.05) is 13.8 Å². The van der Waals surface area contributed by atoms with Crippen molar-refractivity contribution in [2.24, 2.45) is 0 Å². The third-order valence-electron chi connectivity index (χ3n) is 2.57. The lowest BCUT2D eigenvalue weighted by Gasteiger charge is -2.00. The quantitative estimate of drug-likeness (QED) is 0.878. The molecular weight excluding hydrogens is 248 g/mol. The van der Waals surface area contributed by atoms with Crippen LogP contribution in [-0.4, -0.2) is 27.6 Å². The molecule has 0 radical (unpaired) electrons. The SMILES string of the molecule is Cc1ocnc1C(=O)NCCc1noc(C(C)C)n1. The number of nitrogens with zero attached hydrogens (tertiary/aromatic N) is 3. The number of hydrogen-bond donors (Lipinski definition) is 1. The Morgan fingerprint density at radius 1 is 1.47 bits per heavy atom. The fourth-order valence-electron chi connectivity index (χ4n) is 1.50. The van der Waals surface area contributed by atoms with E-state index < -0.39 is 0 Å². The molecule has 0 bridgehead atoms. The first-order chi connectivity index (χ1) is 9.08. The van der Waals surface area contributed by atoms with Crippen LogP contribution in [0.3, 0.4) is 0 Å². The molecule has 0 aliphatic heterocycles. The number of aromatic nitrogens is 3. The molecule has 1 amide bonds. The smallest absolute Gasteiger partial charge is 0.273 e. The summed E-state index contributed by atoms with van der Waals surface area (Å²) < 4.78 is 10.0. The molecular formula is C12H16N4O3. The molecule has 19 heavy (non-hydrogen) atoms. The zero-order chi connectivity index (χ0) is 13.8. The Morgan fingerprint density at radius 2 is 2.26 bits per heavy atom. The summed E-state index contributed by atoms with van der Waals surface area (Å²) in [5.41, 5.74) is 0.302. The first kappa shape index (κ1) is 13.3. The van der Waals surface area contributed by atoms with E-state index in [2.05, 4.69) is 20.4 Å². The fourth-order valence-corrected chi connectivity index (χ4v) is 1.50. The minimum Gasteiger partial charge on any atom is -0.448 e. The van der Waals surface area contributed by atoms with Crippen molar-refractivity contribution in [1.29, 1.82) is 0 Å². The van der Waals surface area contributed by atoms with E-state index in [0.717, 1.165) is 0 Å². The van der Waals surface area contributed by atoms with Gasteiger partial charge in [0.15, 0.2) is 17.9 Å². The fraction of sp³-hybridized carbons (Fsp3) is 0.500. The Balaban J connectivity index is 1.83. The van der Waals surface area contributed by atoms with Gasteiger partial charge in [0.05, 0.1) is 0 Å². The molecule has 0 saturated carbocycles. The predicted octanol–water partition coefficient (Wildman–Crippen LogP) is 1.46. The monoisotopic (exact) mass is 264 g/mol. The first-order valence-electron chi connectivity index (χ1n) is 6.08. The van der Waals surface area contributed by atoms with E-state index >= 15 is 0 Å². The number of oxazole rings is 1. The lowest BCUT2D eigenvalue weighted by molar-refractivity contribution is 0.0948. The van der Waals surface area contributed by atoms with Crippen LogP contribution in [0, 0.1) is 6.92 Å². The van der Waals surface area contributed by atoms with E-state index in [0.29, 0.717) is 36.1 Å². The van der Waals surface area contributed by atoms with Crippen molar-refractivity contribution >= 4 is 5.91 Å². The van der Waals surface area contributed by atoms with Crippen LogP contribution in [0.1, 0.15) is 47.7 Å². The largest absolute Gasteiger partial charge is 0.448 e. The summed E-state index contributed by atoms with van der Waals surface area (Å²) in [6, 6.07) is 0. The van der Waals surface area contributed by atoms with Crippen molar-refractivity contribution in [2.75, 3.05) is 6.54 Å². The molecule has 0 atom stereocenters. The Morgan fingerprint density at radius 3 is 2.84 bits per heavy atom. The van der Waals surface area contributed by atoms with Crippen molar-refractivity contribution in [1.82, 2.24) is 20.4 Å². The van der Waals surface area contributed by atoms with Gasteiger partial charge < -0.3 is 14.3 Å². The van der Waals surface area contributed by atoms with Gasteiger partial charge in [-0.15, -0.1) is 0 Å². The molecule has 2 aromatic heterocycles. The summed E-state index contributed by atoms with van der Waals surface area (Å²) in [5, 5.41) is 6.57. The topological polar surface area (TPSA) is 94.1 Å². The normalized spacial score (nSPS) is 10.9. The maximum absolute atomic E-state index is 11.7. The molecule has 0 unspecified atom stereocenters. The lowest BCUT2D eigenvalue weighted by atomic mass is 10.2. The number of carbonyl (C=O) groups excluding carboxylic acids is 1.